The molecule has 2 N–H and O–H groups in total. The van der Waals surface area contributed by atoms with Gasteiger partial charge in [-0.15, -0.1) is 0 Å². The van der Waals surface area contributed by atoms with E-state index in [0.717, 1.165) is 16.8 Å². The molecular weight excluding hydrogens is 364 g/mol. The van der Waals surface area contributed by atoms with Gasteiger partial charge in [-0.25, -0.2) is 0 Å². The Morgan fingerprint density at radius 2 is 1.25 bits per heavy atom. The summed E-state index contributed by atoms with van der Waals surface area (Å²) in [6, 6.07) is 27.5. The lowest BCUT2D eigenvalue weighted by molar-refractivity contribution is -0.120. The van der Waals surface area contributed by atoms with Crippen LogP contribution < -0.4 is 10.6 Å². The van der Waals surface area contributed by atoms with Crippen LogP contribution in [0.4, 0.5) is 5.69 Å². The second-order valence-corrected chi connectivity index (χ2v) is 7.38. The van der Waals surface area contributed by atoms with Gasteiger partial charge in [-0.2, -0.15) is 0 Å². The van der Waals surface area contributed by atoms with E-state index in [-0.39, 0.29) is 5.91 Å². The number of rotatable bonds is 5. The Morgan fingerprint density at radius 3 is 1.71 bits per heavy atom. The Hall–Kier alpha value is -2.98. The molecular formula is C24H24N2OS. The molecule has 3 aromatic carbocycles. The molecule has 28 heavy (non-hydrogen) atoms. The third kappa shape index (κ3) is 5.05. The van der Waals surface area contributed by atoms with Crippen LogP contribution in [-0.4, -0.2) is 11.0 Å². The lowest BCUT2D eigenvalue weighted by Crippen LogP contribution is -2.37. The molecule has 3 nitrogen and oxygen atoms in total. The maximum atomic E-state index is 13.0. The fraction of sp³-hybridized carbons (Fsp3) is 0.167. The van der Waals surface area contributed by atoms with Crippen LogP contribution in [-0.2, 0) is 4.79 Å². The fourth-order valence-electron chi connectivity index (χ4n) is 3.08. The van der Waals surface area contributed by atoms with E-state index in [9.17, 15) is 4.79 Å². The Morgan fingerprint density at radius 1 is 0.750 bits per heavy atom. The molecule has 0 atom stereocenters. The number of hydrogen-bond acceptors (Lipinski definition) is 2. The van der Waals surface area contributed by atoms with E-state index in [1.165, 1.54) is 5.56 Å². The highest BCUT2D eigenvalue weighted by molar-refractivity contribution is 7.80. The summed E-state index contributed by atoms with van der Waals surface area (Å²) >= 11 is 5.37. The Labute approximate surface area is 171 Å². The average molecular weight is 389 g/mol. The first-order valence-corrected chi connectivity index (χ1v) is 9.77. The Kier molecular flexibility index (Phi) is 6.56. The van der Waals surface area contributed by atoms with Gasteiger partial charge in [0.25, 0.3) is 0 Å². The summed E-state index contributed by atoms with van der Waals surface area (Å²) in [6.45, 7) is 4.31. The van der Waals surface area contributed by atoms with E-state index in [1.54, 1.807) is 0 Å². The van der Waals surface area contributed by atoms with Gasteiger partial charge in [0, 0.05) is 5.69 Å². The monoisotopic (exact) mass is 388 g/mol. The van der Waals surface area contributed by atoms with Crippen molar-refractivity contribution in [2.24, 2.45) is 0 Å². The van der Waals surface area contributed by atoms with Crippen LogP contribution in [0.2, 0.25) is 0 Å². The summed E-state index contributed by atoms with van der Waals surface area (Å²) in [5, 5.41) is 6.23. The van der Waals surface area contributed by atoms with Crippen molar-refractivity contribution in [3.05, 3.63) is 102 Å². The molecule has 0 fully saturated rings. The molecule has 0 bridgehead atoms. The van der Waals surface area contributed by atoms with Gasteiger partial charge in [0.15, 0.2) is 5.11 Å². The number of carbonyl (C=O) groups excluding carboxylic acids is 1. The first-order valence-electron chi connectivity index (χ1n) is 9.36. The highest BCUT2D eigenvalue weighted by Gasteiger charge is 2.23. The Bertz CT molecular complexity index is 882. The van der Waals surface area contributed by atoms with E-state index in [0.29, 0.717) is 11.0 Å². The van der Waals surface area contributed by atoms with Crippen molar-refractivity contribution in [2.75, 3.05) is 5.32 Å². The van der Waals surface area contributed by atoms with E-state index in [2.05, 4.69) is 36.6 Å². The minimum Gasteiger partial charge on any atom is -0.332 e. The number of carbonyl (C=O) groups is 1. The molecule has 0 saturated carbocycles. The lowest BCUT2D eigenvalue weighted by atomic mass is 9.90. The smallest absolute Gasteiger partial charge is 0.238 e. The van der Waals surface area contributed by atoms with Gasteiger partial charge < -0.3 is 10.6 Å². The van der Waals surface area contributed by atoms with E-state index in [1.807, 2.05) is 72.8 Å². The first-order chi connectivity index (χ1) is 13.5. The van der Waals surface area contributed by atoms with Crippen LogP contribution >= 0.6 is 12.2 Å². The lowest BCUT2D eigenvalue weighted by Gasteiger charge is -2.19. The third-order valence-corrected chi connectivity index (χ3v) is 4.80. The molecule has 1 amide bonds. The second kappa shape index (κ2) is 9.29. The molecule has 0 aromatic heterocycles. The molecule has 0 saturated heterocycles. The largest absolute Gasteiger partial charge is 0.332 e. The molecule has 0 radical (unpaired) electrons. The summed E-state index contributed by atoms with van der Waals surface area (Å²) in [4.78, 5) is 13.0. The minimum absolute atomic E-state index is 0.159. The zero-order chi connectivity index (χ0) is 19.9. The molecule has 3 aromatic rings. The maximum Gasteiger partial charge on any atom is 0.238 e. The van der Waals surface area contributed by atoms with Crippen LogP contribution in [0.1, 0.15) is 42.4 Å². The van der Waals surface area contributed by atoms with Crippen molar-refractivity contribution < 1.29 is 4.79 Å². The highest BCUT2D eigenvalue weighted by atomic mass is 32.1. The van der Waals surface area contributed by atoms with E-state index >= 15 is 0 Å². The molecule has 0 aliphatic rings. The highest BCUT2D eigenvalue weighted by Crippen LogP contribution is 2.25. The summed E-state index contributed by atoms with van der Waals surface area (Å²) in [5.74, 6) is -0.114. The average Bonchev–Trinajstić information content (AvgIpc) is 2.70. The number of benzene rings is 3. The van der Waals surface area contributed by atoms with Crippen molar-refractivity contribution in [3.8, 4) is 0 Å². The number of anilines is 1. The quantitative estimate of drug-likeness (QED) is 0.571. The van der Waals surface area contributed by atoms with Crippen LogP contribution in [0.5, 0.6) is 0 Å². The molecule has 0 spiro atoms. The van der Waals surface area contributed by atoms with Gasteiger partial charge in [-0.3, -0.25) is 4.79 Å². The minimum atomic E-state index is -0.425. The maximum absolute atomic E-state index is 13.0. The van der Waals surface area contributed by atoms with Crippen molar-refractivity contribution in [1.82, 2.24) is 5.32 Å². The second-order valence-electron chi connectivity index (χ2n) is 6.97. The third-order valence-electron chi connectivity index (χ3n) is 4.60. The van der Waals surface area contributed by atoms with E-state index < -0.39 is 5.92 Å². The van der Waals surface area contributed by atoms with Gasteiger partial charge in [-0.05, 0) is 47.0 Å². The van der Waals surface area contributed by atoms with Crippen LogP contribution in [0.25, 0.3) is 0 Å². The summed E-state index contributed by atoms with van der Waals surface area (Å²) in [6.07, 6.45) is 0. The summed E-state index contributed by atoms with van der Waals surface area (Å²) in [7, 11) is 0. The SMILES string of the molecule is CC(C)c1ccc(NC(=S)NC(=O)C(c2ccccc2)c2ccccc2)cc1. The van der Waals surface area contributed by atoms with Gasteiger partial charge in [0.05, 0.1) is 5.92 Å². The summed E-state index contributed by atoms with van der Waals surface area (Å²) in [5.41, 5.74) is 3.96. The number of amides is 1. The molecule has 4 heteroatoms. The molecule has 3 rings (SSSR count). The van der Waals surface area contributed by atoms with Gasteiger partial charge in [-0.1, -0.05) is 86.6 Å². The molecule has 0 aliphatic heterocycles. The normalized spacial score (nSPS) is 10.7. The number of thiocarbonyl (C=S) groups is 1. The predicted molar refractivity (Wildman–Crippen MR) is 120 cm³/mol. The molecule has 0 unspecified atom stereocenters. The van der Waals surface area contributed by atoms with Crippen molar-refractivity contribution in [1.29, 1.82) is 0 Å². The van der Waals surface area contributed by atoms with Crippen molar-refractivity contribution in [3.63, 3.8) is 0 Å². The molecule has 142 valence electrons. The van der Waals surface area contributed by atoms with Crippen molar-refractivity contribution in [2.45, 2.75) is 25.7 Å². The van der Waals surface area contributed by atoms with Crippen LogP contribution in [0, 0.1) is 0 Å². The van der Waals surface area contributed by atoms with E-state index in [4.69, 9.17) is 12.2 Å². The zero-order valence-electron chi connectivity index (χ0n) is 16.1. The topological polar surface area (TPSA) is 41.1 Å². The van der Waals surface area contributed by atoms with Gasteiger partial charge in [0.2, 0.25) is 5.91 Å². The standard InChI is InChI=1S/C24H24N2OS/c1-17(2)18-13-15-21(16-14-18)25-24(28)26-23(27)22(19-9-5-3-6-10-19)20-11-7-4-8-12-20/h3-17,22H,1-2H3,(H2,25,26,27,28). The first kappa shape index (κ1) is 19.8. The van der Waals surface area contributed by atoms with Gasteiger partial charge >= 0.3 is 0 Å². The zero-order valence-corrected chi connectivity index (χ0v) is 16.9. The van der Waals surface area contributed by atoms with Crippen LogP contribution in [0.3, 0.4) is 0 Å². The van der Waals surface area contributed by atoms with Crippen LogP contribution in [0.15, 0.2) is 84.9 Å². The van der Waals surface area contributed by atoms with Gasteiger partial charge in [0.1, 0.15) is 0 Å². The predicted octanol–water partition coefficient (Wildman–Crippen LogP) is 5.46. The molecule has 0 aliphatic carbocycles. The number of hydrogen-bond donors (Lipinski definition) is 2. The molecule has 0 heterocycles. The fourth-order valence-corrected chi connectivity index (χ4v) is 3.30. The Balaban J connectivity index is 1.73. The number of nitrogens with one attached hydrogen (secondary N) is 2. The summed E-state index contributed by atoms with van der Waals surface area (Å²) < 4.78 is 0. The van der Waals surface area contributed by atoms with Crippen molar-refractivity contribution >= 4 is 28.9 Å².